The van der Waals surface area contributed by atoms with E-state index in [0.29, 0.717) is 25.5 Å². The van der Waals surface area contributed by atoms with E-state index in [2.05, 4.69) is 6.92 Å². The molecule has 0 spiro atoms. The average Bonchev–Trinajstić information content (AvgIpc) is 2.85. The molecule has 4 nitrogen and oxygen atoms in total. The van der Waals surface area contributed by atoms with Gasteiger partial charge >= 0.3 is 12.1 Å². The topological polar surface area (TPSA) is 46.6 Å². The second-order valence-electron chi connectivity index (χ2n) is 9.78. The van der Waals surface area contributed by atoms with Gasteiger partial charge in [-0.1, -0.05) is 83.6 Å². The number of ether oxygens (including phenoxy) is 1. The highest BCUT2D eigenvalue weighted by molar-refractivity contribution is 5.96. The van der Waals surface area contributed by atoms with Crippen LogP contribution in [0.25, 0.3) is 0 Å². The largest absolute Gasteiger partial charge is 0.465 e. The molecule has 0 unspecified atom stereocenters. The molecule has 36 heavy (non-hydrogen) atoms. The number of carbonyl (C=O) groups is 2. The summed E-state index contributed by atoms with van der Waals surface area (Å²) in [5.41, 5.74) is -2.24. The predicted molar refractivity (Wildman–Crippen MR) is 132 cm³/mol. The summed E-state index contributed by atoms with van der Waals surface area (Å²) in [4.78, 5) is 26.2. The minimum atomic E-state index is -4.83. The summed E-state index contributed by atoms with van der Waals surface area (Å²) in [6.45, 7) is 2.76. The van der Waals surface area contributed by atoms with E-state index in [1.165, 1.54) is 62.7 Å². The van der Waals surface area contributed by atoms with Crippen LogP contribution in [-0.2, 0) is 15.7 Å². The molecule has 1 fully saturated rings. The molecule has 1 aromatic rings. The first-order valence-corrected chi connectivity index (χ1v) is 13.6. The number of nitrogens with zero attached hydrogens (tertiary/aromatic N) is 1. The zero-order chi connectivity index (χ0) is 26.4. The van der Waals surface area contributed by atoms with Crippen LogP contribution in [0.4, 0.5) is 17.6 Å². The SMILES string of the molecule is CCCCCCCCCCCCCCOC(=O)C1CCN(C(=O)c2c(F)cccc2C(F)(F)F)CC1. The van der Waals surface area contributed by atoms with Crippen molar-refractivity contribution in [2.24, 2.45) is 5.92 Å². The second-order valence-corrected chi connectivity index (χ2v) is 9.78. The van der Waals surface area contributed by atoms with E-state index in [0.717, 1.165) is 31.4 Å². The van der Waals surface area contributed by atoms with Crippen LogP contribution in [0.5, 0.6) is 0 Å². The third-order valence-corrected chi connectivity index (χ3v) is 6.89. The molecule has 1 amide bonds. The number of amides is 1. The lowest BCUT2D eigenvalue weighted by molar-refractivity contribution is -0.150. The smallest absolute Gasteiger partial charge is 0.417 e. The molecule has 0 bridgehead atoms. The van der Waals surface area contributed by atoms with E-state index in [-0.39, 0.29) is 19.1 Å². The maximum absolute atomic E-state index is 14.1. The van der Waals surface area contributed by atoms with E-state index in [1.54, 1.807) is 0 Å². The number of likely N-dealkylation sites (tertiary alicyclic amines) is 1. The number of hydrogen-bond acceptors (Lipinski definition) is 3. The molecule has 1 aliphatic rings. The van der Waals surface area contributed by atoms with Crippen LogP contribution in [0.3, 0.4) is 0 Å². The Morgan fingerprint density at radius 1 is 0.889 bits per heavy atom. The maximum Gasteiger partial charge on any atom is 0.417 e. The van der Waals surface area contributed by atoms with Crippen LogP contribution in [0.15, 0.2) is 18.2 Å². The maximum atomic E-state index is 14.1. The van der Waals surface area contributed by atoms with Gasteiger partial charge in [0.2, 0.25) is 0 Å². The first-order chi connectivity index (χ1) is 17.3. The van der Waals surface area contributed by atoms with Crippen LogP contribution in [0.1, 0.15) is 113 Å². The molecule has 0 radical (unpaired) electrons. The molecule has 8 heteroatoms. The quantitative estimate of drug-likeness (QED) is 0.135. The van der Waals surface area contributed by atoms with Gasteiger partial charge in [0.05, 0.1) is 23.7 Å². The standard InChI is InChI=1S/C28H41F4NO3/c1-2-3-4-5-6-7-8-9-10-11-12-13-21-36-27(35)22-17-19-33(20-18-22)26(34)25-23(28(30,31)32)15-14-16-24(25)29/h14-16,22H,2-13,17-21H2,1H3. The van der Waals surface area contributed by atoms with Crippen LogP contribution in [-0.4, -0.2) is 36.5 Å². The van der Waals surface area contributed by atoms with Crippen molar-refractivity contribution >= 4 is 11.9 Å². The Balaban J connectivity index is 1.60. The molecule has 1 heterocycles. The van der Waals surface area contributed by atoms with Gasteiger partial charge in [-0.15, -0.1) is 0 Å². The second kappa shape index (κ2) is 15.9. The third kappa shape index (κ3) is 10.1. The van der Waals surface area contributed by atoms with E-state index in [9.17, 15) is 27.2 Å². The number of unbranched alkanes of at least 4 members (excludes halogenated alkanes) is 11. The lowest BCUT2D eigenvalue weighted by Crippen LogP contribution is -2.41. The fourth-order valence-corrected chi connectivity index (χ4v) is 4.69. The van der Waals surface area contributed by atoms with Gasteiger partial charge in [0, 0.05) is 13.1 Å². The first kappa shape index (κ1) is 30.1. The normalized spacial score (nSPS) is 14.8. The molecule has 0 saturated carbocycles. The monoisotopic (exact) mass is 515 g/mol. The molecular formula is C28H41F4NO3. The summed E-state index contributed by atoms with van der Waals surface area (Å²) < 4.78 is 59.2. The van der Waals surface area contributed by atoms with Crippen molar-refractivity contribution in [3.05, 3.63) is 35.1 Å². The number of piperidine rings is 1. The van der Waals surface area contributed by atoms with Gasteiger partial charge in [-0.3, -0.25) is 9.59 Å². The Morgan fingerprint density at radius 3 is 1.94 bits per heavy atom. The van der Waals surface area contributed by atoms with E-state index < -0.39 is 34.9 Å². The Kier molecular flexibility index (Phi) is 13.3. The van der Waals surface area contributed by atoms with Crippen LogP contribution >= 0.6 is 0 Å². The number of alkyl halides is 3. The fourth-order valence-electron chi connectivity index (χ4n) is 4.69. The lowest BCUT2D eigenvalue weighted by Gasteiger charge is -2.31. The molecular weight excluding hydrogens is 474 g/mol. The number of benzene rings is 1. The van der Waals surface area contributed by atoms with Crippen molar-refractivity contribution < 1.29 is 31.9 Å². The first-order valence-electron chi connectivity index (χ1n) is 13.6. The molecule has 204 valence electrons. The van der Waals surface area contributed by atoms with Crippen molar-refractivity contribution in [1.82, 2.24) is 4.90 Å². The Hall–Kier alpha value is -2.12. The highest BCUT2D eigenvalue weighted by Gasteiger charge is 2.39. The van der Waals surface area contributed by atoms with E-state index in [4.69, 9.17) is 4.74 Å². The molecule has 0 atom stereocenters. The Morgan fingerprint density at radius 2 is 1.42 bits per heavy atom. The highest BCUT2D eigenvalue weighted by atomic mass is 19.4. The van der Waals surface area contributed by atoms with Gasteiger partial charge < -0.3 is 9.64 Å². The molecule has 1 aromatic carbocycles. The third-order valence-electron chi connectivity index (χ3n) is 6.89. The van der Waals surface area contributed by atoms with Crippen LogP contribution in [0, 0.1) is 11.7 Å². The zero-order valence-electron chi connectivity index (χ0n) is 21.5. The highest BCUT2D eigenvalue weighted by Crippen LogP contribution is 2.34. The summed E-state index contributed by atoms with van der Waals surface area (Å²) in [7, 11) is 0. The molecule has 0 aromatic heterocycles. The van der Waals surface area contributed by atoms with Crippen molar-refractivity contribution in [2.75, 3.05) is 19.7 Å². The predicted octanol–water partition coefficient (Wildman–Crippen LogP) is 7.94. The van der Waals surface area contributed by atoms with Crippen molar-refractivity contribution in [1.29, 1.82) is 0 Å². The van der Waals surface area contributed by atoms with Gasteiger partial charge in [0.25, 0.3) is 5.91 Å². The lowest BCUT2D eigenvalue weighted by atomic mass is 9.95. The van der Waals surface area contributed by atoms with Crippen LogP contribution in [0.2, 0.25) is 0 Å². The van der Waals surface area contributed by atoms with E-state index in [1.807, 2.05) is 0 Å². The Labute approximate surface area is 212 Å². The van der Waals surface area contributed by atoms with Gasteiger partial charge in [-0.2, -0.15) is 13.2 Å². The average molecular weight is 516 g/mol. The molecule has 0 aliphatic carbocycles. The van der Waals surface area contributed by atoms with Crippen molar-refractivity contribution in [3.8, 4) is 0 Å². The van der Waals surface area contributed by atoms with Gasteiger partial charge in [0.15, 0.2) is 0 Å². The number of hydrogen-bond donors (Lipinski definition) is 0. The molecule has 1 aliphatic heterocycles. The number of esters is 1. The molecule has 0 N–H and O–H groups in total. The number of halogens is 4. The summed E-state index contributed by atoms with van der Waals surface area (Å²) in [6, 6.07) is 2.49. The summed E-state index contributed by atoms with van der Waals surface area (Å²) in [6.07, 6.45) is 10.4. The number of carbonyl (C=O) groups excluding carboxylic acids is 2. The van der Waals surface area contributed by atoms with Gasteiger partial charge in [-0.05, 0) is 31.4 Å². The minimum absolute atomic E-state index is 0.0861. The molecule has 1 saturated heterocycles. The Bertz CT molecular complexity index is 804. The van der Waals surface area contributed by atoms with Gasteiger partial charge in [-0.25, -0.2) is 4.39 Å². The summed E-state index contributed by atoms with van der Waals surface area (Å²) in [5, 5.41) is 0. The molecule has 2 rings (SSSR count). The van der Waals surface area contributed by atoms with Crippen molar-refractivity contribution in [3.63, 3.8) is 0 Å². The summed E-state index contributed by atoms with van der Waals surface area (Å²) >= 11 is 0. The number of rotatable bonds is 15. The zero-order valence-corrected chi connectivity index (χ0v) is 21.5. The van der Waals surface area contributed by atoms with Crippen molar-refractivity contribution in [2.45, 2.75) is 103 Å². The minimum Gasteiger partial charge on any atom is -0.465 e. The van der Waals surface area contributed by atoms with Gasteiger partial charge in [0.1, 0.15) is 5.82 Å². The van der Waals surface area contributed by atoms with Crippen LogP contribution < -0.4 is 0 Å². The fraction of sp³-hybridized carbons (Fsp3) is 0.714. The summed E-state index contributed by atoms with van der Waals surface area (Å²) in [5.74, 6) is -2.91. The van der Waals surface area contributed by atoms with E-state index >= 15 is 0 Å².